The lowest BCUT2D eigenvalue weighted by atomic mass is 9.97. The van der Waals surface area contributed by atoms with Crippen LogP contribution in [0.1, 0.15) is 267 Å². The van der Waals surface area contributed by atoms with E-state index in [1.807, 2.05) is 92.7 Å². The number of hydrogen-bond donors (Lipinski definition) is 7. The van der Waals surface area contributed by atoms with Crippen LogP contribution in [0.4, 0.5) is 8.78 Å². The third-order valence-electron chi connectivity index (χ3n) is 20.7. The number of unbranched alkanes of at least 4 members (excludes halogenated alkanes) is 18. The van der Waals surface area contributed by atoms with E-state index < -0.39 is 35.4 Å². The summed E-state index contributed by atoms with van der Waals surface area (Å²) in [4.78, 5) is 55.4. The molecule has 2 amide bonds. The fourth-order valence-electron chi connectivity index (χ4n) is 13.5. The van der Waals surface area contributed by atoms with E-state index in [0.717, 1.165) is 107 Å². The van der Waals surface area contributed by atoms with E-state index >= 15 is 0 Å². The molecule has 14 nitrogen and oxygen atoms in total. The van der Waals surface area contributed by atoms with E-state index in [2.05, 4.69) is 107 Å². The largest absolute Gasteiger partial charge is 0.491 e. The Morgan fingerprint density at radius 3 is 1.05 bits per heavy atom. The third kappa shape index (κ3) is 34.3. The number of amides is 2. The maximum atomic E-state index is 14.1. The number of halogens is 2. The van der Waals surface area contributed by atoms with Gasteiger partial charge >= 0.3 is 17.9 Å². The second-order valence-electron chi connectivity index (χ2n) is 30.0. The topological polar surface area (TPSA) is 235 Å². The van der Waals surface area contributed by atoms with Crippen molar-refractivity contribution >= 4 is 29.7 Å². The van der Waals surface area contributed by atoms with Crippen molar-refractivity contribution in [2.75, 3.05) is 19.8 Å². The van der Waals surface area contributed by atoms with Gasteiger partial charge in [-0.05, 0) is 228 Å². The number of rotatable bonds is 42. The molecule has 0 aliphatic heterocycles. The molecular formula is C102H125F2N3O11. The molecule has 0 bridgehead atoms. The van der Waals surface area contributed by atoms with E-state index in [4.69, 9.17) is 35.8 Å². The van der Waals surface area contributed by atoms with E-state index in [0.29, 0.717) is 41.0 Å². The van der Waals surface area contributed by atoms with Crippen LogP contribution in [-0.2, 0) is 30.4 Å². The number of ether oxygens (including phenoxy) is 2. The predicted molar refractivity (Wildman–Crippen MR) is 476 cm³/mol. The molecule has 0 spiro atoms. The van der Waals surface area contributed by atoms with Gasteiger partial charge < -0.3 is 24.8 Å². The van der Waals surface area contributed by atoms with E-state index in [9.17, 15) is 32.8 Å². The molecule has 628 valence electrons. The second-order valence-corrected chi connectivity index (χ2v) is 30.0. The Bertz CT molecular complexity index is 4480. The van der Waals surface area contributed by atoms with Crippen molar-refractivity contribution in [1.29, 1.82) is 0 Å². The summed E-state index contributed by atoms with van der Waals surface area (Å²) in [7, 11) is 0. The lowest BCUT2D eigenvalue weighted by molar-refractivity contribution is 0.0682. The number of aromatic carboxylic acids is 3. The summed E-state index contributed by atoms with van der Waals surface area (Å²) in [6.07, 6.45) is 33.7. The van der Waals surface area contributed by atoms with Crippen LogP contribution in [0.25, 0.3) is 55.6 Å². The van der Waals surface area contributed by atoms with Crippen LogP contribution < -0.4 is 21.5 Å². The number of hydrogen-bond acceptors (Lipinski definition) is 9. The van der Waals surface area contributed by atoms with Crippen molar-refractivity contribution in [3.63, 3.8) is 0 Å². The Balaban J connectivity index is 0.000000229. The standard InChI is InChI=1S/C21H25FO2.C21H26O4.C20H23FO2.C20H26N2O.C20H25NO2/c1-2-3-4-5-6-7-8-16-9-11-17(12-10-16)19-14-13-18(21(23)24)15-20(19)22;1-4-5-10-24-11-12-25-20-14-15(2)19(13-16(20)3)17-6-8-18(9-7-17)21(22)23;1-2-3-4-5-6-7-15-8-10-16(11-9-15)17-12-13-18(20(22)23)19(21)14-17;1-2-3-4-5-6-7-16-8-10-17(11-9-16)18-12-14-19(15-13-18)20(23)22-21;1-2-3-4-5-6-7-16-8-10-17(11-9-16)18-12-14-19(15-13-18)20(22)21-23/h9-15H,2-8H2,1H3,(H,23,24);6-9,13-14H,4-5,10-12H2,1-3H3,(H,22,23);8-14H,2-7H2,1H3,(H,22,23);8-15H,2-7,21H2,1H3,(H,22,23);8-15,23H,2-7H2,1H3,(H,21,22). The molecule has 118 heavy (non-hydrogen) atoms. The third-order valence-corrected chi connectivity index (χ3v) is 20.7. The van der Waals surface area contributed by atoms with Crippen LogP contribution in [0.5, 0.6) is 5.75 Å². The average Bonchev–Trinajstić information content (AvgIpc) is 0.780. The first kappa shape index (κ1) is 95.9. The highest BCUT2D eigenvalue weighted by atomic mass is 19.1. The molecule has 0 atom stereocenters. The molecule has 10 rings (SSSR count). The smallest absolute Gasteiger partial charge is 0.338 e. The molecule has 0 aliphatic rings. The van der Waals surface area contributed by atoms with Crippen LogP contribution in [0.3, 0.4) is 0 Å². The molecule has 0 aromatic heterocycles. The number of nitrogens with two attached hydrogens (primary N) is 1. The van der Waals surface area contributed by atoms with Crippen LogP contribution in [0.2, 0.25) is 0 Å². The predicted octanol–water partition coefficient (Wildman–Crippen LogP) is 26.1. The average molecular weight is 1610 g/mol. The molecule has 8 N–H and O–H groups in total. The molecule has 10 aromatic carbocycles. The lowest BCUT2D eigenvalue weighted by Crippen LogP contribution is -2.29. The minimum atomic E-state index is -1.24. The highest BCUT2D eigenvalue weighted by molar-refractivity contribution is 5.95. The van der Waals surface area contributed by atoms with Crippen LogP contribution in [-0.4, -0.2) is 70.1 Å². The molecule has 0 fully saturated rings. The number of hydroxylamine groups is 1. The zero-order valence-electron chi connectivity index (χ0n) is 70.5. The van der Waals surface area contributed by atoms with Crippen molar-refractivity contribution < 1.29 is 62.8 Å². The summed E-state index contributed by atoms with van der Waals surface area (Å²) in [5.41, 5.74) is 21.6. The Morgan fingerprint density at radius 2 is 0.669 bits per heavy atom. The van der Waals surface area contributed by atoms with Crippen molar-refractivity contribution in [3.8, 4) is 61.4 Å². The minimum Gasteiger partial charge on any atom is -0.491 e. The highest BCUT2D eigenvalue weighted by Gasteiger charge is 2.15. The van der Waals surface area contributed by atoms with Crippen LogP contribution in [0.15, 0.2) is 218 Å². The van der Waals surface area contributed by atoms with Gasteiger partial charge in [0.15, 0.2) is 0 Å². The van der Waals surface area contributed by atoms with Crippen molar-refractivity contribution in [3.05, 3.63) is 291 Å². The Morgan fingerprint density at radius 1 is 0.322 bits per heavy atom. The number of nitrogens with one attached hydrogen (secondary N) is 2. The first-order chi connectivity index (χ1) is 57.2. The number of aryl methyl sites for hydroxylation is 6. The van der Waals surface area contributed by atoms with Gasteiger partial charge in [0.05, 0.1) is 23.3 Å². The fraction of sp³-hybridized carbons (Fsp3) is 0.363. The number of nitrogen functional groups attached to an aromatic ring is 1. The van der Waals surface area contributed by atoms with E-state index in [1.54, 1.807) is 47.9 Å². The zero-order valence-corrected chi connectivity index (χ0v) is 70.5. The maximum absolute atomic E-state index is 14.1. The molecule has 0 unspecified atom stereocenters. The normalized spacial score (nSPS) is 10.6. The summed E-state index contributed by atoms with van der Waals surface area (Å²) < 4.78 is 39.2. The number of benzene rings is 10. The molecule has 0 saturated carbocycles. The van der Waals surface area contributed by atoms with Gasteiger partial charge in [-0.3, -0.25) is 20.2 Å². The fourth-order valence-corrected chi connectivity index (χ4v) is 13.5. The van der Waals surface area contributed by atoms with Gasteiger partial charge in [0, 0.05) is 23.3 Å². The highest BCUT2D eigenvalue weighted by Crippen LogP contribution is 2.32. The Kier molecular flexibility index (Phi) is 44.6. The molecule has 0 heterocycles. The van der Waals surface area contributed by atoms with Gasteiger partial charge in [-0.25, -0.2) is 34.5 Å². The monoisotopic (exact) mass is 1610 g/mol. The van der Waals surface area contributed by atoms with Gasteiger partial charge in [0.2, 0.25) is 0 Å². The molecule has 16 heteroatoms. The van der Waals surface area contributed by atoms with Gasteiger partial charge in [0.25, 0.3) is 11.8 Å². The number of carboxylic acids is 3. The van der Waals surface area contributed by atoms with Crippen LogP contribution >= 0.6 is 0 Å². The van der Waals surface area contributed by atoms with Crippen molar-refractivity contribution in [1.82, 2.24) is 10.9 Å². The number of carbonyl (C=O) groups excluding carboxylic acids is 2. The first-order valence-electron chi connectivity index (χ1n) is 42.5. The minimum absolute atomic E-state index is 0.0315. The molecule has 0 radical (unpaired) electrons. The van der Waals surface area contributed by atoms with Crippen molar-refractivity contribution in [2.45, 2.75) is 222 Å². The number of carbonyl (C=O) groups is 5. The lowest BCUT2D eigenvalue weighted by Gasteiger charge is -2.14. The maximum Gasteiger partial charge on any atom is 0.338 e. The quantitative estimate of drug-likeness (QED) is 0.00622. The van der Waals surface area contributed by atoms with Gasteiger partial charge in [0.1, 0.15) is 24.0 Å². The van der Waals surface area contributed by atoms with Gasteiger partial charge in [-0.15, -0.1) is 0 Å². The molecular weight excluding hydrogens is 1480 g/mol. The SMILES string of the molecule is CCCCCCCCc1ccc(-c2ccc(C(=O)O)cc2F)cc1.CCCCCCCc1ccc(-c2ccc(C(=O)NN)cc2)cc1.CCCCCCCc1ccc(-c2ccc(C(=O)NO)cc2)cc1.CCCCCCCc1ccc(-c2ccc(C(=O)O)c(F)c2)cc1.CCCCOCCOc1cc(C)c(-c2ccc(C(=O)O)cc2)cc1C. The molecule has 0 aliphatic carbocycles. The van der Waals surface area contributed by atoms with Crippen molar-refractivity contribution in [2.24, 2.45) is 5.84 Å². The summed E-state index contributed by atoms with van der Waals surface area (Å²) >= 11 is 0. The molecule has 0 saturated heterocycles. The van der Waals surface area contributed by atoms with E-state index in [-0.39, 0.29) is 17.0 Å². The Hall–Kier alpha value is -10.9. The number of hydrazine groups is 1. The van der Waals surface area contributed by atoms with Gasteiger partial charge in [-0.2, -0.15) is 0 Å². The zero-order chi connectivity index (χ0) is 85.2. The summed E-state index contributed by atoms with van der Waals surface area (Å²) in [5.74, 6) is 0.769. The van der Waals surface area contributed by atoms with Gasteiger partial charge in [-0.1, -0.05) is 296 Å². The van der Waals surface area contributed by atoms with Crippen LogP contribution in [0, 0.1) is 25.5 Å². The van der Waals surface area contributed by atoms with E-state index in [1.165, 1.54) is 187 Å². The first-order valence-corrected chi connectivity index (χ1v) is 42.5. The summed E-state index contributed by atoms with van der Waals surface area (Å²) in [5, 5.41) is 35.4. The summed E-state index contributed by atoms with van der Waals surface area (Å²) in [6.45, 7) is 17.0. The molecule has 10 aromatic rings. The number of carboxylic acid groups (broad SMARTS) is 3. The summed E-state index contributed by atoms with van der Waals surface area (Å²) in [6, 6.07) is 67.3. The Labute approximate surface area is 699 Å². The second kappa shape index (κ2) is 54.9.